The van der Waals surface area contributed by atoms with Crippen molar-refractivity contribution in [3.05, 3.63) is 71.4 Å². The van der Waals surface area contributed by atoms with Crippen LogP contribution in [0.25, 0.3) is 0 Å². The SMILES string of the molecule is CC1=C(C(=O)Nc2ccccc2)[C@@H](c2ccc(O)cc2)n2nnnc2N1. The second-order valence-corrected chi connectivity index (χ2v) is 5.92. The van der Waals surface area contributed by atoms with E-state index in [1.807, 2.05) is 37.3 Å². The molecule has 2 heterocycles. The number of aromatic hydroxyl groups is 1. The van der Waals surface area contributed by atoms with Gasteiger partial charge in [0.05, 0.1) is 5.57 Å². The molecule has 0 spiro atoms. The van der Waals surface area contributed by atoms with Crippen LogP contribution in [0.1, 0.15) is 18.5 Å². The molecule has 0 saturated heterocycles. The maximum absolute atomic E-state index is 13.0. The molecule has 0 aliphatic carbocycles. The van der Waals surface area contributed by atoms with Crippen LogP contribution < -0.4 is 10.6 Å². The summed E-state index contributed by atoms with van der Waals surface area (Å²) < 4.78 is 1.55. The summed E-state index contributed by atoms with van der Waals surface area (Å²) in [6.07, 6.45) is 0. The molecule has 8 nitrogen and oxygen atoms in total. The van der Waals surface area contributed by atoms with Crippen molar-refractivity contribution in [2.75, 3.05) is 10.6 Å². The molecule has 8 heteroatoms. The molecule has 130 valence electrons. The fourth-order valence-electron chi connectivity index (χ4n) is 2.99. The van der Waals surface area contributed by atoms with Crippen LogP contribution >= 0.6 is 0 Å². The second kappa shape index (κ2) is 6.32. The van der Waals surface area contributed by atoms with Gasteiger partial charge in [-0.2, -0.15) is 4.68 Å². The largest absolute Gasteiger partial charge is 0.508 e. The van der Waals surface area contributed by atoms with E-state index < -0.39 is 6.04 Å². The van der Waals surface area contributed by atoms with E-state index in [1.165, 1.54) is 0 Å². The summed E-state index contributed by atoms with van der Waals surface area (Å²) in [6, 6.07) is 15.4. The Morgan fingerprint density at radius 1 is 1.15 bits per heavy atom. The number of nitrogens with one attached hydrogen (secondary N) is 2. The van der Waals surface area contributed by atoms with Crippen molar-refractivity contribution < 1.29 is 9.90 Å². The van der Waals surface area contributed by atoms with Crippen LogP contribution in [0.4, 0.5) is 11.6 Å². The van der Waals surface area contributed by atoms with Crippen molar-refractivity contribution in [2.45, 2.75) is 13.0 Å². The molecule has 4 rings (SSSR count). The highest BCUT2D eigenvalue weighted by Crippen LogP contribution is 2.35. The van der Waals surface area contributed by atoms with E-state index in [2.05, 4.69) is 26.2 Å². The van der Waals surface area contributed by atoms with E-state index in [-0.39, 0.29) is 11.7 Å². The Morgan fingerprint density at radius 2 is 1.88 bits per heavy atom. The Morgan fingerprint density at radius 3 is 2.62 bits per heavy atom. The summed E-state index contributed by atoms with van der Waals surface area (Å²) in [5.74, 6) is 0.355. The van der Waals surface area contributed by atoms with Gasteiger partial charge in [0.1, 0.15) is 11.8 Å². The summed E-state index contributed by atoms with van der Waals surface area (Å²) >= 11 is 0. The number of phenols is 1. The molecule has 1 amide bonds. The van der Waals surface area contributed by atoms with E-state index in [4.69, 9.17) is 0 Å². The molecular formula is C18H16N6O2. The van der Waals surface area contributed by atoms with Gasteiger partial charge in [0, 0.05) is 11.4 Å². The van der Waals surface area contributed by atoms with Gasteiger partial charge in [0.2, 0.25) is 5.95 Å². The number of anilines is 2. The highest BCUT2D eigenvalue weighted by atomic mass is 16.3. The third-order valence-electron chi connectivity index (χ3n) is 4.20. The van der Waals surface area contributed by atoms with Crippen molar-refractivity contribution in [1.82, 2.24) is 20.2 Å². The highest BCUT2D eigenvalue weighted by Gasteiger charge is 2.34. The Balaban J connectivity index is 1.77. The number of benzene rings is 2. The van der Waals surface area contributed by atoms with Gasteiger partial charge in [0.25, 0.3) is 5.91 Å². The van der Waals surface area contributed by atoms with Crippen LogP contribution in [-0.4, -0.2) is 31.2 Å². The zero-order valence-corrected chi connectivity index (χ0v) is 13.9. The van der Waals surface area contributed by atoms with Crippen LogP contribution in [0.15, 0.2) is 65.9 Å². The lowest BCUT2D eigenvalue weighted by atomic mass is 9.95. The summed E-state index contributed by atoms with van der Waals surface area (Å²) in [6.45, 7) is 1.81. The predicted molar refractivity (Wildman–Crippen MR) is 95.5 cm³/mol. The minimum atomic E-state index is -0.509. The molecule has 1 atom stereocenters. The number of rotatable bonds is 3. The lowest BCUT2D eigenvalue weighted by Gasteiger charge is -2.28. The number of nitrogens with zero attached hydrogens (tertiary/aromatic N) is 4. The van der Waals surface area contributed by atoms with Crippen LogP contribution in [0.3, 0.4) is 0 Å². The highest BCUT2D eigenvalue weighted by molar-refractivity contribution is 6.05. The standard InChI is InChI=1S/C18H16N6O2/c1-11-15(17(26)20-13-5-3-2-4-6-13)16(12-7-9-14(25)10-8-12)24-18(19-11)21-22-23-24/h2-10,16,25H,1H3,(H,20,26)(H,19,21,23)/t16-/m1/s1. The van der Waals surface area contributed by atoms with Gasteiger partial charge in [-0.3, -0.25) is 4.79 Å². The number of fused-ring (bicyclic) bond motifs is 1. The second-order valence-electron chi connectivity index (χ2n) is 5.92. The summed E-state index contributed by atoms with van der Waals surface area (Å²) in [7, 11) is 0. The number of para-hydroxylation sites is 1. The van der Waals surface area contributed by atoms with Crippen molar-refractivity contribution in [2.24, 2.45) is 0 Å². The lowest BCUT2D eigenvalue weighted by molar-refractivity contribution is -0.113. The first-order chi connectivity index (χ1) is 12.6. The quantitative estimate of drug-likeness (QED) is 0.671. The third kappa shape index (κ3) is 2.77. The van der Waals surface area contributed by atoms with Crippen LogP contribution in [0.5, 0.6) is 5.75 Å². The number of hydrogen-bond acceptors (Lipinski definition) is 6. The van der Waals surface area contributed by atoms with Gasteiger partial charge < -0.3 is 15.7 Å². The number of aromatic nitrogens is 4. The number of carbonyl (C=O) groups is 1. The van der Waals surface area contributed by atoms with Crippen molar-refractivity contribution >= 4 is 17.5 Å². The Bertz CT molecular complexity index is 978. The first-order valence-electron chi connectivity index (χ1n) is 8.04. The molecule has 1 aliphatic rings. The maximum Gasteiger partial charge on any atom is 0.255 e. The topological polar surface area (TPSA) is 105 Å². The first-order valence-corrected chi connectivity index (χ1v) is 8.04. The molecule has 26 heavy (non-hydrogen) atoms. The Hall–Kier alpha value is -3.68. The number of allylic oxidation sites excluding steroid dienone is 1. The smallest absolute Gasteiger partial charge is 0.255 e. The van der Waals surface area contributed by atoms with Crippen LogP contribution in [-0.2, 0) is 4.79 Å². The van der Waals surface area contributed by atoms with Gasteiger partial charge in [0.15, 0.2) is 0 Å². The summed E-state index contributed by atoms with van der Waals surface area (Å²) in [5.41, 5.74) is 2.65. The zero-order valence-electron chi connectivity index (χ0n) is 13.9. The predicted octanol–water partition coefficient (Wildman–Crippen LogP) is 2.31. The molecule has 0 unspecified atom stereocenters. The fraction of sp³-hybridized carbons (Fsp3) is 0.111. The van der Waals surface area contributed by atoms with E-state index in [0.29, 0.717) is 22.9 Å². The minimum Gasteiger partial charge on any atom is -0.508 e. The van der Waals surface area contributed by atoms with E-state index in [0.717, 1.165) is 5.56 Å². The molecule has 0 saturated carbocycles. The van der Waals surface area contributed by atoms with E-state index in [9.17, 15) is 9.90 Å². The van der Waals surface area contributed by atoms with Gasteiger partial charge in [-0.25, -0.2) is 0 Å². The third-order valence-corrected chi connectivity index (χ3v) is 4.20. The maximum atomic E-state index is 13.0. The number of amides is 1. The zero-order chi connectivity index (χ0) is 18.1. The van der Waals surface area contributed by atoms with Crippen molar-refractivity contribution in [1.29, 1.82) is 0 Å². The number of hydrogen-bond donors (Lipinski definition) is 3. The van der Waals surface area contributed by atoms with Crippen molar-refractivity contribution in [3.8, 4) is 5.75 Å². The van der Waals surface area contributed by atoms with Crippen molar-refractivity contribution in [3.63, 3.8) is 0 Å². The lowest BCUT2D eigenvalue weighted by Crippen LogP contribution is -2.31. The molecule has 3 aromatic rings. The Labute approximate surface area is 149 Å². The van der Waals surface area contributed by atoms with E-state index >= 15 is 0 Å². The summed E-state index contributed by atoms with van der Waals surface area (Å²) in [5, 5.41) is 27.2. The first kappa shape index (κ1) is 15.8. The van der Waals surface area contributed by atoms with Gasteiger partial charge in [-0.15, -0.1) is 0 Å². The molecule has 2 aromatic carbocycles. The molecular weight excluding hydrogens is 332 g/mol. The molecule has 1 aliphatic heterocycles. The average Bonchev–Trinajstić information content (AvgIpc) is 3.10. The Kier molecular flexibility index (Phi) is 3.85. The number of phenolic OH excluding ortho intramolecular Hbond substituents is 1. The van der Waals surface area contributed by atoms with Crippen LogP contribution in [0, 0.1) is 0 Å². The molecule has 3 N–H and O–H groups in total. The molecule has 0 bridgehead atoms. The monoisotopic (exact) mass is 348 g/mol. The number of carbonyl (C=O) groups excluding carboxylic acids is 1. The fourth-order valence-corrected chi connectivity index (χ4v) is 2.99. The van der Waals surface area contributed by atoms with E-state index in [1.54, 1.807) is 28.9 Å². The molecule has 0 fully saturated rings. The molecule has 1 aromatic heterocycles. The van der Waals surface area contributed by atoms with Gasteiger partial charge >= 0.3 is 0 Å². The normalized spacial score (nSPS) is 16.0. The summed E-state index contributed by atoms with van der Waals surface area (Å²) in [4.78, 5) is 13.0. The minimum absolute atomic E-state index is 0.149. The van der Waals surface area contributed by atoms with Gasteiger partial charge in [-0.05, 0) is 47.2 Å². The van der Waals surface area contributed by atoms with Crippen LogP contribution in [0.2, 0.25) is 0 Å². The average molecular weight is 348 g/mol. The molecule has 0 radical (unpaired) electrons. The van der Waals surface area contributed by atoms with Gasteiger partial charge in [-0.1, -0.05) is 35.4 Å². The number of tetrazole rings is 1.